The van der Waals surface area contributed by atoms with Crippen LogP contribution in [0.15, 0.2) is 12.3 Å². The van der Waals surface area contributed by atoms with Gasteiger partial charge in [0.15, 0.2) is 0 Å². The van der Waals surface area contributed by atoms with Gasteiger partial charge in [-0.15, -0.1) is 0 Å². The Bertz CT molecular complexity index is 492. The number of likely N-dealkylation sites (N-methyl/N-ethyl adjacent to an activating group) is 2. The first-order valence-electron chi connectivity index (χ1n) is 6.65. The fourth-order valence-corrected chi connectivity index (χ4v) is 2.35. The quantitative estimate of drug-likeness (QED) is 0.681. The minimum absolute atomic E-state index is 0.330. The summed E-state index contributed by atoms with van der Waals surface area (Å²) in [5, 5.41) is 3.21. The number of anilines is 2. The van der Waals surface area contributed by atoms with Gasteiger partial charge in [0, 0.05) is 32.2 Å². The van der Waals surface area contributed by atoms with Gasteiger partial charge in [0.2, 0.25) is 0 Å². The minimum atomic E-state index is -0.526. The summed E-state index contributed by atoms with van der Waals surface area (Å²) in [6, 6.07) is 1.92. The predicted molar refractivity (Wildman–Crippen MR) is 79.6 cm³/mol. The summed E-state index contributed by atoms with van der Waals surface area (Å²) in [4.78, 5) is 20.2. The molecule has 0 spiro atoms. The van der Waals surface area contributed by atoms with Gasteiger partial charge in [0.25, 0.3) is 5.91 Å². The van der Waals surface area contributed by atoms with E-state index in [0.29, 0.717) is 29.7 Å². The third-order valence-electron chi connectivity index (χ3n) is 3.66. The molecule has 1 aliphatic heterocycles. The summed E-state index contributed by atoms with van der Waals surface area (Å²) in [6.45, 7) is 3.78. The van der Waals surface area contributed by atoms with Gasteiger partial charge in [0.1, 0.15) is 5.82 Å². The molecule has 1 fully saturated rings. The summed E-state index contributed by atoms with van der Waals surface area (Å²) >= 11 is 0. The van der Waals surface area contributed by atoms with E-state index in [2.05, 4.69) is 34.2 Å². The van der Waals surface area contributed by atoms with E-state index in [-0.39, 0.29) is 0 Å². The second-order valence-corrected chi connectivity index (χ2v) is 5.31. The number of nitrogens with one attached hydrogen (secondary N) is 1. The summed E-state index contributed by atoms with van der Waals surface area (Å²) in [5.74, 6) is -0.0326. The number of rotatable bonds is 4. The van der Waals surface area contributed by atoms with Crippen LogP contribution in [0.1, 0.15) is 10.4 Å². The van der Waals surface area contributed by atoms with E-state index in [4.69, 9.17) is 11.5 Å². The SMILES string of the molecule is CN1CCN(C)C(CNc2ncc(N)cc2C(N)=O)C1. The van der Waals surface area contributed by atoms with E-state index in [1.165, 1.54) is 6.20 Å². The number of carbonyl (C=O) groups is 1. The molecule has 0 radical (unpaired) electrons. The highest BCUT2D eigenvalue weighted by Gasteiger charge is 2.22. The number of pyridine rings is 1. The lowest BCUT2D eigenvalue weighted by molar-refractivity contribution is 0.100. The van der Waals surface area contributed by atoms with E-state index in [1.54, 1.807) is 6.07 Å². The molecule has 7 nitrogen and oxygen atoms in total. The Kier molecular flexibility index (Phi) is 4.41. The molecule has 1 aliphatic rings. The third kappa shape index (κ3) is 3.37. The van der Waals surface area contributed by atoms with Crippen molar-refractivity contribution in [1.29, 1.82) is 0 Å². The van der Waals surface area contributed by atoms with Crippen molar-refractivity contribution < 1.29 is 4.79 Å². The molecule has 5 N–H and O–H groups in total. The molecule has 1 aromatic rings. The van der Waals surface area contributed by atoms with Crippen molar-refractivity contribution in [3.63, 3.8) is 0 Å². The number of carbonyl (C=O) groups excluding carboxylic acids is 1. The fraction of sp³-hybridized carbons (Fsp3) is 0.538. The first kappa shape index (κ1) is 14.5. The molecule has 0 saturated carbocycles. The second kappa shape index (κ2) is 6.06. The molecular weight excluding hydrogens is 256 g/mol. The lowest BCUT2D eigenvalue weighted by atomic mass is 10.1. The van der Waals surface area contributed by atoms with Crippen molar-refractivity contribution >= 4 is 17.4 Å². The van der Waals surface area contributed by atoms with Crippen LogP contribution < -0.4 is 16.8 Å². The monoisotopic (exact) mass is 278 g/mol. The Balaban J connectivity index is 2.05. The minimum Gasteiger partial charge on any atom is -0.397 e. The van der Waals surface area contributed by atoms with Crippen LogP contribution in [0.4, 0.5) is 11.5 Å². The Morgan fingerprint density at radius 2 is 2.25 bits per heavy atom. The number of piperazine rings is 1. The maximum absolute atomic E-state index is 11.4. The second-order valence-electron chi connectivity index (χ2n) is 5.31. The van der Waals surface area contributed by atoms with Crippen LogP contribution in [0.3, 0.4) is 0 Å². The van der Waals surface area contributed by atoms with Crippen molar-refractivity contribution in [2.45, 2.75) is 6.04 Å². The van der Waals surface area contributed by atoms with Gasteiger partial charge in [0.05, 0.1) is 17.4 Å². The highest BCUT2D eigenvalue weighted by molar-refractivity contribution is 5.98. The molecule has 0 bridgehead atoms. The van der Waals surface area contributed by atoms with Gasteiger partial charge in [-0.1, -0.05) is 0 Å². The molecule has 2 rings (SSSR count). The number of hydrogen-bond donors (Lipinski definition) is 3. The smallest absolute Gasteiger partial charge is 0.252 e. The van der Waals surface area contributed by atoms with Crippen LogP contribution in [-0.4, -0.2) is 67.0 Å². The first-order valence-corrected chi connectivity index (χ1v) is 6.65. The van der Waals surface area contributed by atoms with Crippen LogP contribution in [-0.2, 0) is 0 Å². The molecule has 7 heteroatoms. The summed E-state index contributed by atoms with van der Waals surface area (Å²) in [7, 11) is 4.21. The van der Waals surface area contributed by atoms with Crippen molar-refractivity contribution in [2.24, 2.45) is 5.73 Å². The third-order valence-corrected chi connectivity index (χ3v) is 3.66. The molecule has 1 unspecified atom stereocenters. The highest BCUT2D eigenvalue weighted by Crippen LogP contribution is 2.16. The van der Waals surface area contributed by atoms with Gasteiger partial charge in [-0.3, -0.25) is 9.69 Å². The zero-order valence-electron chi connectivity index (χ0n) is 12.0. The lowest BCUT2D eigenvalue weighted by Gasteiger charge is -2.37. The molecule has 20 heavy (non-hydrogen) atoms. The summed E-state index contributed by atoms with van der Waals surface area (Å²) in [5.41, 5.74) is 11.7. The zero-order chi connectivity index (χ0) is 14.7. The van der Waals surface area contributed by atoms with Gasteiger partial charge >= 0.3 is 0 Å². The predicted octanol–water partition coefficient (Wildman–Crippen LogP) is -0.580. The molecule has 1 saturated heterocycles. The van der Waals surface area contributed by atoms with Gasteiger partial charge in [-0.25, -0.2) is 4.98 Å². The Labute approximate surface area is 118 Å². The van der Waals surface area contributed by atoms with Crippen LogP contribution in [0.5, 0.6) is 0 Å². The number of nitrogens with zero attached hydrogens (tertiary/aromatic N) is 3. The average Bonchev–Trinajstić information content (AvgIpc) is 2.40. The maximum atomic E-state index is 11.4. The maximum Gasteiger partial charge on any atom is 0.252 e. The fourth-order valence-electron chi connectivity index (χ4n) is 2.35. The van der Waals surface area contributed by atoms with Crippen molar-refractivity contribution in [3.05, 3.63) is 17.8 Å². The van der Waals surface area contributed by atoms with Gasteiger partial charge in [-0.05, 0) is 20.2 Å². The standard InChI is InChI=1S/C13H22N6O/c1-18-3-4-19(2)10(8-18)7-17-13-11(12(15)20)5-9(14)6-16-13/h5-6,10H,3-4,7-8,14H2,1-2H3,(H2,15,20)(H,16,17). The first-order chi connectivity index (χ1) is 9.47. The number of nitrogen functional groups attached to an aromatic ring is 1. The molecule has 1 atom stereocenters. The number of amides is 1. The van der Waals surface area contributed by atoms with Crippen molar-refractivity contribution in [3.8, 4) is 0 Å². The Morgan fingerprint density at radius 1 is 1.50 bits per heavy atom. The molecule has 1 aromatic heterocycles. The number of nitrogens with two attached hydrogens (primary N) is 2. The van der Waals surface area contributed by atoms with Crippen LogP contribution >= 0.6 is 0 Å². The number of hydrogen-bond acceptors (Lipinski definition) is 6. The average molecular weight is 278 g/mol. The summed E-state index contributed by atoms with van der Waals surface area (Å²) < 4.78 is 0. The Morgan fingerprint density at radius 3 is 2.95 bits per heavy atom. The largest absolute Gasteiger partial charge is 0.397 e. The van der Waals surface area contributed by atoms with E-state index >= 15 is 0 Å². The van der Waals surface area contributed by atoms with Gasteiger partial charge in [-0.2, -0.15) is 0 Å². The molecule has 110 valence electrons. The molecule has 2 heterocycles. The topological polar surface area (TPSA) is 101 Å². The molecule has 0 aromatic carbocycles. The van der Waals surface area contributed by atoms with E-state index < -0.39 is 5.91 Å². The zero-order valence-corrected chi connectivity index (χ0v) is 12.0. The van der Waals surface area contributed by atoms with E-state index in [9.17, 15) is 4.79 Å². The van der Waals surface area contributed by atoms with Gasteiger partial charge < -0.3 is 21.7 Å². The normalized spacial score (nSPS) is 20.8. The van der Waals surface area contributed by atoms with Crippen LogP contribution in [0.2, 0.25) is 0 Å². The summed E-state index contributed by atoms with van der Waals surface area (Å²) in [6.07, 6.45) is 1.52. The van der Waals surface area contributed by atoms with Crippen molar-refractivity contribution in [2.75, 3.05) is 51.3 Å². The highest BCUT2D eigenvalue weighted by atomic mass is 16.1. The number of primary amides is 1. The van der Waals surface area contributed by atoms with Crippen molar-refractivity contribution in [1.82, 2.24) is 14.8 Å². The van der Waals surface area contributed by atoms with Crippen LogP contribution in [0, 0.1) is 0 Å². The van der Waals surface area contributed by atoms with E-state index in [0.717, 1.165) is 19.6 Å². The van der Waals surface area contributed by atoms with Crippen LogP contribution in [0.25, 0.3) is 0 Å². The lowest BCUT2D eigenvalue weighted by Crippen LogP contribution is -2.52. The molecular formula is C13H22N6O. The molecule has 1 amide bonds. The van der Waals surface area contributed by atoms with E-state index in [1.807, 2.05) is 0 Å². The molecule has 0 aliphatic carbocycles. The number of aromatic nitrogens is 1. The Hall–Kier alpha value is -1.86.